The molecular formula is C12H18ClN3O. The minimum absolute atomic E-state index is 0. The summed E-state index contributed by atoms with van der Waals surface area (Å²) in [5.74, 6) is 0.681. The molecule has 0 saturated heterocycles. The Hall–Kier alpha value is -1.29. The van der Waals surface area contributed by atoms with Gasteiger partial charge in [-0.05, 0) is 25.3 Å². The van der Waals surface area contributed by atoms with Gasteiger partial charge in [0.25, 0.3) is 5.91 Å². The number of nitrogen functional groups attached to an aromatic ring is 1. The Morgan fingerprint density at radius 3 is 2.94 bits per heavy atom. The van der Waals surface area contributed by atoms with Crippen molar-refractivity contribution in [1.29, 1.82) is 0 Å². The molecule has 0 bridgehead atoms. The number of amides is 1. The number of hydrogen-bond donors (Lipinski definition) is 2. The number of aromatic nitrogens is 1. The zero-order valence-corrected chi connectivity index (χ0v) is 10.7. The summed E-state index contributed by atoms with van der Waals surface area (Å²) in [5.41, 5.74) is 6.65. The lowest BCUT2D eigenvalue weighted by molar-refractivity contribution is 0.0938. The first-order valence-corrected chi connectivity index (χ1v) is 5.67. The number of nitrogens with one attached hydrogen (secondary N) is 1. The number of anilines is 1. The first-order chi connectivity index (χ1) is 7.66. The van der Waals surface area contributed by atoms with E-state index in [4.69, 9.17) is 5.73 Å². The van der Waals surface area contributed by atoms with E-state index in [0.717, 1.165) is 12.3 Å². The summed E-state index contributed by atoms with van der Waals surface area (Å²) >= 11 is 0. The van der Waals surface area contributed by atoms with Gasteiger partial charge in [-0.25, -0.2) is 0 Å². The second-order valence-electron chi connectivity index (χ2n) is 4.52. The Bertz CT molecular complexity index is 393. The molecule has 1 saturated carbocycles. The van der Waals surface area contributed by atoms with Crippen LogP contribution in [-0.4, -0.2) is 16.9 Å². The van der Waals surface area contributed by atoms with E-state index in [2.05, 4.69) is 10.3 Å². The number of nitrogens with zero attached hydrogens (tertiary/aromatic N) is 1. The molecule has 1 atom stereocenters. The predicted molar refractivity (Wildman–Crippen MR) is 70.2 cm³/mol. The molecule has 4 nitrogen and oxygen atoms in total. The minimum atomic E-state index is -0.126. The average Bonchev–Trinajstić information content (AvgIpc) is 3.01. The Morgan fingerprint density at radius 1 is 1.65 bits per heavy atom. The van der Waals surface area contributed by atoms with Crippen molar-refractivity contribution in [2.24, 2.45) is 5.92 Å². The van der Waals surface area contributed by atoms with Gasteiger partial charge in [0.2, 0.25) is 0 Å². The van der Waals surface area contributed by atoms with Crippen LogP contribution in [0.1, 0.15) is 36.5 Å². The smallest absolute Gasteiger partial charge is 0.255 e. The summed E-state index contributed by atoms with van der Waals surface area (Å²) in [4.78, 5) is 15.8. The molecule has 94 valence electrons. The van der Waals surface area contributed by atoms with Gasteiger partial charge in [-0.2, -0.15) is 0 Å². The largest absolute Gasteiger partial charge is 0.398 e. The summed E-state index contributed by atoms with van der Waals surface area (Å²) < 4.78 is 0. The molecule has 0 aliphatic heterocycles. The average molecular weight is 256 g/mol. The van der Waals surface area contributed by atoms with Gasteiger partial charge in [0.15, 0.2) is 0 Å². The lowest BCUT2D eigenvalue weighted by atomic mass is 10.1. The first-order valence-electron chi connectivity index (χ1n) is 5.67. The zero-order valence-electron chi connectivity index (χ0n) is 9.85. The molecule has 1 aromatic rings. The highest BCUT2D eigenvalue weighted by Gasteiger charge is 2.24. The van der Waals surface area contributed by atoms with Gasteiger partial charge >= 0.3 is 0 Å². The Morgan fingerprint density at radius 2 is 2.35 bits per heavy atom. The third kappa shape index (κ3) is 3.89. The summed E-state index contributed by atoms with van der Waals surface area (Å²) in [6, 6.07) is 1.85. The molecule has 1 aromatic heterocycles. The monoisotopic (exact) mass is 255 g/mol. The van der Waals surface area contributed by atoms with Crippen molar-refractivity contribution in [1.82, 2.24) is 10.3 Å². The van der Waals surface area contributed by atoms with Gasteiger partial charge in [-0.15, -0.1) is 12.4 Å². The highest BCUT2D eigenvalue weighted by atomic mass is 35.5. The number of rotatable bonds is 4. The van der Waals surface area contributed by atoms with Crippen molar-refractivity contribution >= 4 is 24.0 Å². The van der Waals surface area contributed by atoms with Crippen molar-refractivity contribution < 1.29 is 4.79 Å². The summed E-state index contributed by atoms with van der Waals surface area (Å²) in [6.45, 7) is 2.03. The molecule has 1 aliphatic carbocycles. The fourth-order valence-corrected chi connectivity index (χ4v) is 1.81. The van der Waals surface area contributed by atoms with Crippen molar-refractivity contribution in [3.05, 3.63) is 24.0 Å². The fraction of sp³-hybridized carbons (Fsp3) is 0.500. The molecule has 0 radical (unpaired) electrons. The fourth-order valence-electron chi connectivity index (χ4n) is 1.81. The maximum atomic E-state index is 11.8. The van der Waals surface area contributed by atoms with Crippen LogP contribution in [0.5, 0.6) is 0 Å². The normalized spacial score (nSPS) is 15.8. The molecule has 1 amide bonds. The van der Waals surface area contributed by atoms with Crippen LogP contribution in [0.3, 0.4) is 0 Å². The molecule has 1 aliphatic rings. The molecule has 1 unspecified atom stereocenters. The first kappa shape index (κ1) is 13.8. The Labute approximate surface area is 107 Å². The standard InChI is InChI=1S/C12H17N3O.ClH/c1-8(6-9-2-3-9)15-12(16)10-7-14-5-4-11(10)13;/h4-5,7-9H,2-3,6H2,1H3,(H2,13,14)(H,15,16);1H. The SMILES string of the molecule is CC(CC1CC1)NC(=O)c1cnccc1N.Cl. The van der Waals surface area contributed by atoms with E-state index in [1.807, 2.05) is 6.92 Å². The van der Waals surface area contributed by atoms with Crippen molar-refractivity contribution in [3.8, 4) is 0 Å². The molecular weight excluding hydrogens is 238 g/mol. The maximum Gasteiger partial charge on any atom is 0.255 e. The third-order valence-corrected chi connectivity index (χ3v) is 2.86. The second kappa shape index (κ2) is 5.87. The van der Waals surface area contributed by atoms with Crippen LogP contribution in [0.25, 0.3) is 0 Å². The third-order valence-electron chi connectivity index (χ3n) is 2.86. The number of carbonyl (C=O) groups is 1. The topological polar surface area (TPSA) is 68.0 Å². The van der Waals surface area contributed by atoms with Gasteiger partial charge in [0.05, 0.1) is 5.56 Å². The van der Waals surface area contributed by atoms with E-state index in [0.29, 0.717) is 11.3 Å². The van der Waals surface area contributed by atoms with Crippen LogP contribution in [0, 0.1) is 5.92 Å². The van der Waals surface area contributed by atoms with E-state index in [1.165, 1.54) is 19.0 Å². The van der Waals surface area contributed by atoms with Crippen LogP contribution in [0.2, 0.25) is 0 Å². The van der Waals surface area contributed by atoms with Crippen LogP contribution in [0.15, 0.2) is 18.5 Å². The molecule has 1 fully saturated rings. The lowest BCUT2D eigenvalue weighted by Crippen LogP contribution is -2.33. The molecule has 5 heteroatoms. The van der Waals surface area contributed by atoms with E-state index in [9.17, 15) is 4.79 Å². The number of carbonyl (C=O) groups excluding carboxylic acids is 1. The molecule has 0 aromatic carbocycles. The van der Waals surface area contributed by atoms with Crippen molar-refractivity contribution in [2.45, 2.75) is 32.2 Å². The summed E-state index contributed by atoms with van der Waals surface area (Å²) in [7, 11) is 0. The minimum Gasteiger partial charge on any atom is -0.398 e. The van der Waals surface area contributed by atoms with Crippen LogP contribution >= 0.6 is 12.4 Å². The summed E-state index contributed by atoms with van der Waals surface area (Å²) in [6.07, 6.45) is 6.75. The summed E-state index contributed by atoms with van der Waals surface area (Å²) in [5, 5.41) is 2.95. The van der Waals surface area contributed by atoms with Crippen LogP contribution in [0.4, 0.5) is 5.69 Å². The van der Waals surface area contributed by atoms with Crippen LogP contribution < -0.4 is 11.1 Å². The van der Waals surface area contributed by atoms with Gasteiger partial charge in [-0.1, -0.05) is 12.8 Å². The van der Waals surface area contributed by atoms with Crippen LogP contribution in [-0.2, 0) is 0 Å². The van der Waals surface area contributed by atoms with Gasteiger partial charge in [0.1, 0.15) is 0 Å². The van der Waals surface area contributed by atoms with E-state index >= 15 is 0 Å². The second-order valence-corrected chi connectivity index (χ2v) is 4.52. The van der Waals surface area contributed by atoms with E-state index in [-0.39, 0.29) is 24.4 Å². The van der Waals surface area contributed by atoms with Gasteiger partial charge in [0, 0.05) is 24.1 Å². The number of nitrogens with two attached hydrogens (primary N) is 1. The van der Waals surface area contributed by atoms with Gasteiger partial charge in [-0.3, -0.25) is 9.78 Å². The molecule has 3 N–H and O–H groups in total. The maximum absolute atomic E-state index is 11.8. The highest BCUT2D eigenvalue weighted by Crippen LogP contribution is 2.33. The van der Waals surface area contributed by atoms with E-state index < -0.39 is 0 Å². The lowest BCUT2D eigenvalue weighted by Gasteiger charge is -2.13. The van der Waals surface area contributed by atoms with E-state index in [1.54, 1.807) is 12.3 Å². The highest BCUT2D eigenvalue weighted by molar-refractivity contribution is 5.98. The molecule has 1 heterocycles. The molecule has 17 heavy (non-hydrogen) atoms. The quantitative estimate of drug-likeness (QED) is 0.865. The predicted octanol–water partition coefficient (Wildman–Crippen LogP) is 2.00. The van der Waals surface area contributed by atoms with Crippen molar-refractivity contribution in [2.75, 3.05) is 5.73 Å². The molecule has 2 rings (SSSR count). The Kier molecular flexibility index (Phi) is 4.75. The number of hydrogen-bond acceptors (Lipinski definition) is 3. The number of pyridine rings is 1. The van der Waals surface area contributed by atoms with Crippen molar-refractivity contribution in [3.63, 3.8) is 0 Å². The van der Waals surface area contributed by atoms with Gasteiger partial charge < -0.3 is 11.1 Å². The zero-order chi connectivity index (χ0) is 11.5. The number of halogens is 1. The Balaban J connectivity index is 0.00000144. The molecule has 0 spiro atoms.